The summed E-state index contributed by atoms with van der Waals surface area (Å²) in [6, 6.07) is 7.44. The first kappa shape index (κ1) is 14.1. The maximum Gasteiger partial charge on any atom is 0.308 e. The van der Waals surface area contributed by atoms with Crippen LogP contribution in [-0.2, 0) is 16.0 Å². The number of amides is 1. The molecule has 0 aromatic heterocycles. The van der Waals surface area contributed by atoms with Crippen molar-refractivity contribution in [2.75, 3.05) is 18.0 Å². The van der Waals surface area contributed by atoms with Crippen LogP contribution in [0.25, 0.3) is 0 Å². The Bertz CT molecular complexity index is 552. The van der Waals surface area contributed by atoms with E-state index in [2.05, 4.69) is 5.32 Å². The number of carboxylic acid groups (broad SMARTS) is 1. The molecule has 0 radical (unpaired) electrons. The Balaban J connectivity index is 1.88. The molecule has 2 aliphatic heterocycles. The van der Waals surface area contributed by atoms with Crippen molar-refractivity contribution in [3.63, 3.8) is 0 Å². The third-order valence-corrected chi connectivity index (χ3v) is 4.38. The summed E-state index contributed by atoms with van der Waals surface area (Å²) in [4.78, 5) is 25.8. The van der Waals surface area contributed by atoms with Gasteiger partial charge in [0.05, 0.1) is 12.0 Å². The molecule has 1 unspecified atom stereocenters. The van der Waals surface area contributed by atoms with Gasteiger partial charge in [-0.15, -0.1) is 0 Å². The molecule has 1 aromatic carbocycles. The smallest absolute Gasteiger partial charge is 0.308 e. The molecule has 0 spiro atoms. The molecule has 5 heteroatoms. The van der Waals surface area contributed by atoms with Gasteiger partial charge in [0.2, 0.25) is 5.91 Å². The standard InChI is InChI=1S/C16H20N2O3/c19-15(13-6-3-4-8-17-13)18-10-12(16(20)21)9-11-5-1-2-7-14(11)18/h1-2,5,7,12-13,17H,3-4,6,8-10H2,(H,20,21)/t12?,13-/m0/s1. The van der Waals surface area contributed by atoms with E-state index in [-0.39, 0.29) is 18.5 Å². The number of nitrogens with one attached hydrogen (secondary N) is 1. The van der Waals surface area contributed by atoms with Gasteiger partial charge in [-0.3, -0.25) is 9.59 Å². The lowest BCUT2D eigenvalue weighted by Gasteiger charge is -2.36. The monoisotopic (exact) mass is 288 g/mol. The number of piperidine rings is 1. The Morgan fingerprint density at radius 2 is 2.05 bits per heavy atom. The topological polar surface area (TPSA) is 69.6 Å². The van der Waals surface area contributed by atoms with Crippen molar-refractivity contribution >= 4 is 17.6 Å². The number of carboxylic acids is 1. The van der Waals surface area contributed by atoms with Gasteiger partial charge in [0.25, 0.3) is 0 Å². The number of fused-ring (bicyclic) bond motifs is 1. The summed E-state index contributed by atoms with van der Waals surface area (Å²) in [6.07, 6.45) is 3.46. The highest BCUT2D eigenvalue weighted by atomic mass is 16.4. The molecule has 0 saturated carbocycles. The fourth-order valence-electron chi connectivity index (χ4n) is 3.22. The molecule has 1 aromatic rings. The fraction of sp³-hybridized carbons (Fsp3) is 0.500. The number of benzene rings is 1. The number of hydrogen-bond acceptors (Lipinski definition) is 3. The molecule has 1 amide bonds. The van der Waals surface area contributed by atoms with Crippen molar-refractivity contribution in [2.24, 2.45) is 5.92 Å². The molecule has 2 aliphatic rings. The Kier molecular flexibility index (Phi) is 3.92. The maximum absolute atomic E-state index is 12.8. The second-order valence-electron chi connectivity index (χ2n) is 5.82. The Morgan fingerprint density at radius 3 is 2.76 bits per heavy atom. The van der Waals surface area contributed by atoms with Gasteiger partial charge in [0, 0.05) is 12.2 Å². The molecular weight excluding hydrogens is 268 g/mol. The highest BCUT2D eigenvalue weighted by Crippen LogP contribution is 2.30. The molecule has 0 aliphatic carbocycles. The van der Waals surface area contributed by atoms with E-state index in [0.717, 1.165) is 37.1 Å². The van der Waals surface area contributed by atoms with E-state index < -0.39 is 11.9 Å². The summed E-state index contributed by atoms with van der Waals surface area (Å²) in [6.45, 7) is 1.12. The Morgan fingerprint density at radius 1 is 1.24 bits per heavy atom. The molecule has 1 fully saturated rings. The van der Waals surface area contributed by atoms with Crippen LogP contribution in [0.2, 0.25) is 0 Å². The van der Waals surface area contributed by atoms with Gasteiger partial charge < -0.3 is 15.3 Å². The van der Waals surface area contributed by atoms with E-state index in [1.54, 1.807) is 4.90 Å². The molecule has 2 N–H and O–H groups in total. The van der Waals surface area contributed by atoms with Crippen LogP contribution in [0.5, 0.6) is 0 Å². The predicted octanol–water partition coefficient (Wildman–Crippen LogP) is 1.42. The van der Waals surface area contributed by atoms with Crippen molar-refractivity contribution in [1.82, 2.24) is 5.32 Å². The summed E-state index contributed by atoms with van der Waals surface area (Å²) < 4.78 is 0. The zero-order valence-electron chi connectivity index (χ0n) is 11.9. The highest BCUT2D eigenvalue weighted by molar-refractivity contribution is 5.99. The number of anilines is 1. The van der Waals surface area contributed by atoms with Crippen molar-refractivity contribution < 1.29 is 14.7 Å². The van der Waals surface area contributed by atoms with Crippen LogP contribution in [0.4, 0.5) is 5.69 Å². The van der Waals surface area contributed by atoms with E-state index in [0.29, 0.717) is 6.42 Å². The molecule has 2 heterocycles. The van der Waals surface area contributed by atoms with E-state index in [1.165, 1.54) is 0 Å². The summed E-state index contributed by atoms with van der Waals surface area (Å²) in [7, 11) is 0. The molecule has 5 nitrogen and oxygen atoms in total. The second kappa shape index (κ2) is 5.85. The first-order chi connectivity index (χ1) is 10.2. The van der Waals surface area contributed by atoms with Crippen molar-refractivity contribution in [2.45, 2.75) is 31.7 Å². The van der Waals surface area contributed by atoms with Crippen LogP contribution in [0.3, 0.4) is 0 Å². The lowest BCUT2D eigenvalue weighted by Crippen LogP contribution is -2.52. The van der Waals surface area contributed by atoms with E-state index >= 15 is 0 Å². The average Bonchev–Trinajstić information content (AvgIpc) is 2.54. The quantitative estimate of drug-likeness (QED) is 0.863. The van der Waals surface area contributed by atoms with E-state index in [1.807, 2.05) is 24.3 Å². The van der Waals surface area contributed by atoms with Gasteiger partial charge in [-0.2, -0.15) is 0 Å². The highest BCUT2D eigenvalue weighted by Gasteiger charge is 2.35. The summed E-state index contributed by atoms with van der Waals surface area (Å²) in [5.41, 5.74) is 1.81. The number of aliphatic carboxylic acids is 1. The largest absolute Gasteiger partial charge is 0.481 e. The minimum absolute atomic E-state index is 0.00750. The number of rotatable bonds is 2. The van der Waals surface area contributed by atoms with Crippen molar-refractivity contribution in [3.8, 4) is 0 Å². The molecular formula is C16H20N2O3. The zero-order chi connectivity index (χ0) is 14.8. The first-order valence-electron chi connectivity index (χ1n) is 7.52. The number of para-hydroxylation sites is 1. The van der Waals surface area contributed by atoms with Gasteiger partial charge >= 0.3 is 5.97 Å². The molecule has 2 atom stereocenters. The lowest BCUT2D eigenvalue weighted by molar-refractivity contribution is -0.141. The summed E-state index contributed by atoms with van der Waals surface area (Å²) >= 11 is 0. The van der Waals surface area contributed by atoms with Gasteiger partial charge in [0.1, 0.15) is 0 Å². The van der Waals surface area contributed by atoms with Gasteiger partial charge in [-0.05, 0) is 37.4 Å². The first-order valence-corrected chi connectivity index (χ1v) is 7.52. The number of carbonyl (C=O) groups excluding carboxylic acids is 1. The normalized spacial score (nSPS) is 25.2. The average molecular weight is 288 g/mol. The van der Waals surface area contributed by atoms with Gasteiger partial charge in [0.15, 0.2) is 0 Å². The van der Waals surface area contributed by atoms with Crippen LogP contribution < -0.4 is 10.2 Å². The number of nitrogens with zero attached hydrogens (tertiary/aromatic N) is 1. The number of hydrogen-bond donors (Lipinski definition) is 2. The van der Waals surface area contributed by atoms with Crippen LogP contribution in [0, 0.1) is 5.92 Å². The minimum atomic E-state index is -0.834. The fourth-order valence-corrected chi connectivity index (χ4v) is 3.22. The minimum Gasteiger partial charge on any atom is -0.481 e. The Hall–Kier alpha value is -1.88. The van der Waals surface area contributed by atoms with E-state index in [4.69, 9.17) is 0 Å². The SMILES string of the molecule is O=C(O)C1Cc2ccccc2N(C(=O)[C@@H]2CCCCN2)C1. The molecule has 112 valence electrons. The molecule has 1 saturated heterocycles. The summed E-state index contributed by atoms with van der Waals surface area (Å²) in [5.74, 6) is -1.35. The molecule has 3 rings (SSSR count). The second-order valence-corrected chi connectivity index (χ2v) is 5.82. The third-order valence-electron chi connectivity index (χ3n) is 4.38. The summed E-state index contributed by atoms with van der Waals surface area (Å²) in [5, 5.41) is 12.6. The lowest BCUT2D eigenvalue weighted by atomic mass is 9.91. The zero-order valence-corrected chi connectivity index (χ0v) is 11.9. The van der Waals surface area contributed by atoms with Crippen LogP contribution >= 0.6 is 0 Å². The maximum atomic E-state index is 12.8. The third kappa shape index (κ3) is 2.78. The van der Waals surface area contributed by atoms with Crippen molar-refractivity contribution in [1.29, 1.82) is 0 Å². The van der Waals surface area contributed by atoms with Gasteiger partial charge in [-0.1, -0.05) is 24.6 Å². The predicted molar refractivity (Wildman–Crippen MR) is 79.3 cm³/mol. The van der Waals surface area contributed by atoms with Crippen LogP contribution in [0.15, 0.2) is 24.3 Å². The van der Waals surface area contributed by atoms with Gasteiger partial charge in [-0.25, -0.2) is 0 Å². The number of carbonyl (C=O) groups is 2. The molecule has 0 bridgehead atoms. The van der Waals surface area contributed by atoms with Crippen LogP contribution in [0.1, 0.15) is 24.8 Å². The van der Waals surface area contributed by atoms with Crippen molar-refractivity contribution in [3.05, 3.63) is 29.8 Å². The Labute approximate surface area is 123 Å². The molecule has 21 heavy (non-hydrogen) atoms. The van der Waals surface area contributed by atoms with E-state index in [9.17, 15) is 14.7 Å². The van der Waals surface area contributed by atoms with Crippen LogP contribution in [-0.4, -0.2) is 36.1 Å².